The first kappa shape index (κ1) is 14.9. The molecule has 24 heavy (non-hydrogen) atoms. The van der Waals surface area contributed by atoms with Crippen LogP contribution in [0.3, 0.4) is 0 Å². The maximum absolute atomic E-state index is 12.3. The fourth-order valence-electron chi connectivity index (χ4n) is 4.11. The van der Waals surface area contributed by atoms with Gasteiger partial charge >= 0.3 is 5.97 Å². The lowest BCUT2D eigenvalue weighted by molar-refractivity contribution is -0.137. The van der Waals surface area contributed by atoms with E-state index in [1.165, 1.54) is 35.4 Å². The van der Waals surface area contributed by atoms with Crippen LogP contribution in [0.2, 0.25) is 0 Å². The number of esters is 1. The summed E-state index contributed by atoms with van der Waals surface area (Å²) in [5.74, 6) is -0.322. The van der Waals surface area contributed by atoms with Crippen molar-refractivity contribution in [3.63, 3.8) is 0 Å². The van der Waals surface area contributed by atoms with Crippen LogP contribution in [0.25, 0.3) is 11.1 Å². The van der Waals surface area contributed by atoms with Crippen molar-refractivity contribution < 1.29 is 14.3 Å². The summed E-state index contributed by atoms with van der Waals surface area (Å²) in [7, 11) is 1.37. The lowest BCUT2D eigenvalue weighted by Gasteiger charge is -2.29. The fourth-order valence-corrected chi connectivity index (χ4v) is 4.11. The van der Waals surface area contributed by atoms with Crippen LogP contribution in [0.5, 0.6) is 0 Å². The third kappa shape index (κ3) is 2.20. The number of benzene rings is 2. The van der Waals surface area contributed by atoms with Gasteiger partial charge in [-0.15, -0.1) is 0 Å². The first-order valence-electron chi connectivity index (χ1n) is 8.21. The van der Waals surface area contributed by atoms with E-state index < -0.39 is 5.97 Å². The molecule has 0 spiro atoms. The lowest BCUT2D eigenvalue weighted by atomic mass is 9.74. The molecule has 1 atom stereocenters. The van der Waals surface area contributed by atoms with Gasteiger partial charge in [0, 0.05) is 23.8 Å². The molecule has 0 heterocycles. The molecular weight excluding hydrogens is 300 g/mol. The van der Waals surface area contributed by atoms with Crippen LogP contribution < -0.4 is 0 Å². The summed E-state index contributed by atoms with van der Waals surface area (Å²) in [5.41, 5.74) is 5.41. The molecule has 120 valence electrons. The van der Waals surface area contributed by atoms with Gasteiger partial charge in [0.1, 0.15) is 0 Å². The van der Waals surface area contributed by atoms with Gasteiger partial charge < -0.3 is 4.74 Å². The van der Waals surface area contributed by atoms with Gasteiger partial charge in [-0.05, 0) is 34.8 Å². The molecule has 0 aromatic heterocycles. The van der Waals surface area contributed by atoms with Gasteiger partial charge in [0.15, 0.2) is 5.78 Å². The summed E-state index contributed by atoms with van der Waals surface area (Å²) in [5, 5.41) is 0. The number of rotatable bonds is 2. The van der Waals surface area contributed by atoms with Gasteiger partial charge in [-0.3, -0.25) is 4.79 Å². The van der Waals surface area contributed by atoms with Gasteiger partial charge in [-0.25, -0.2) is 4.79 Å². The third-order valence-corrected chi connectivity index (χ3v) is 5.12. The Hall–Kier alpha value is -2.68. The third-order valence-electron chi connectivity index (χ3n) is 5.12. The molecule has 0 saturated heterocycles. The Balaban J connectivity index is 1.88. The molecule has 1 unspecified atom stereocenters. The first-order valence-corrected chi connectivity index (χ1v) is 8.21. The summed E-state index contributed by atoms with van der Waals surface area (Å²) < 4.78 is 4.94. The highest BCUT2D eigenvalue weighted by Crippen LogP contribution is 2.51. The quantitative estimate of drug-likeness (QED) is 0.789. The molecule has 0 bridgehead atoms. The molecule has 0 N–H and O–H groups in total. The van der Waals surface area contributed by atoms with E-state index >= 15 is 0 Å². The Labute approximate surface area is 141 Å². The SMILES string of the molecule is COC(=O)C1=CC(=O)CCC1C1c2ccccc2-c2ccccc21. The Morgan fingerprint density at radius 3 is 2.17 bits per heavy atom. The number of carbonyl (C=O) groups excluding carboxylic acids is 2. The molecular formula is C21H18O3. The van der Waals surface area contributed by atoms with Crippen molar-refractivity contribution in [1.82, 2.24) is 0 Å². The maximum Gasteiger partial charge on any atom is 0.334 e. The highest BCUT2D eigenvalue weighted by molar-refractivity contribution is 6.01. The standard InChI is InChI=1S/C21H18O3/c1-24-21(23)19-12-13(22)10-11-18(19)20-16-8-4-2-6-14(16)15-7-3-5-9-17(15)20/h2-9,12,18,20H,10-11H2,1H3. The molecule has 3 nitrogen and oxygen atoms in total. The summed E-state index contributed by atoms with van der Waals surface area (Å²) >= 11 is 0. The number of fused-ring (bicyclic) bond motifs is 3. The number of ketones is 1. The second-order valence-corrected chi connectivity index (χ2v) is 6.35. The highest BCUT2D eigenvalue weighted by atomic mass is 16.5. The van der Waals surface area contributed by atoms with Gasteiger partial charge in [0.2, 0.25) is 0 Å². The number of allylic oxidation sites excluding steroid dienone is 1. The molecule has 2 aromatic carbocycles. The number of carbonyl (C=O) groups is 2. The largest absolute Gasteiger partial charge is 0.466 e. The summed E-state index contributed by atoms with van der Waals surface area (Å²) in [6.07, 6.45) is 2.64. The maximum atomic E-state index is 12.3. The van der Waals surface area contributed by atoms with Crippen molar-refractivity contribution in [3.05, 3.63) is 71.3 Å². The van der Waals surface area contributed by atoms with E-state index in [2.05, 4.69) is 24.3 Å². The van der Waals surface area contributed by atoms with Crippen LogP contribution in [-0.2, 0) is 14.3 Å². The van der Waals surface area contributed by atoms with E-state index in [-0.39, 0.29) is 17.6 Å². The van der Waals surface area contributed by atoms with Crippen LogP contribution in [-0.4, -0.2) is 18.9 Å². The van der Waals surface area contributed by atoms with Crippen LogP contribution in [0.4, 0.5) is 0 Å². The van der Waals surface area contributed by atoms with E-state index in [0.717, 1.165) is 0 Å². The molecule has 3 heteroatoms. The number of hydrogen-bond donors (Lipinski definition) is 0. The van der Waals surface area contributed by atoms with Gasteiger partial charge in [0.05, 0.1) is 7.11 Å². The Morgan fingerprint density at radius 1 is 1.00 bits per heavy atom. The summed E-state index contributed by atoms with van der Waals surface area (Å²) in [4.78, 5) is 24.1. The van der Waals surface area contributed by atoms with Crippen molar-refractivity contribution >= 4 is 11.8 Å². The number of methoxy groups -OCH3 is 1. The molecule has 0 amide bonds. The molecule has 4 rings (SSSR count). The lowest BCUT2D eigenvalue weighted by Crippen LogP contribution is -2.26. The van der Waals surface area contributed by atoms with Crippen molar-refractivity contribution in [2.45, 2.75) is 18.8 Å². The highest BCUT2D eigenvalue weighted by Gasteiger charge is 2.39. The molecule has 0 saturated carbocycles. The van der Waals surface area contributed by atoms with E-state index in [4.69, 9.17) is 4.74 Å². The van der Waals surface area contributed by atoms with Crippen LogP contribution >= 0.6 is 0 Å². The first-order chi connectivity index (χ1) is 11.7. The van der Waals surface area contributed by atoms with Crippen molar-refractivity contribution in [1.29, 1.82) is 0 Å². The smallest absolute Gasteiger partial charge is 0.334 e. The molecule has 2 aromatic rings. The van der Waals surface area contributed by atoms with Crippen molar-refractivity contribution in [3.8, 4) is 11.1 Å². The van der Waals surface area contributed by atoms with Crippen LogP contribution in [0.1, 0.15) is 29.9 Å². The topological polar surface area (TPSA) is 43.4 Å². The van der Waals surface area contributed by atoms with Crippen LogP contribution in [0.15, 0.2) is 60.2 Å². The number of ether oxygens (including phenoxy) is 1. The van der Waals surface area contributed by atoms with Crippen molar-refractivity contribution in [2.75, 3.05) is 7.11 Å². The Kier molecular flexibility index (Phi) is 3.57. The minimum absolute atomic E-state index is 0.00576. The zero-order valence-corrected chi connectivity index (χ0v) is 13.5. The van der Waals surface area contributed by atoms with E-state index in [9.17, 15) is 9.59 Å². The average Bonchev–Trinajstić information content (AvgIpc) is 2.96. The molecule has 0 aliphatic heterocycles. The normalized spacial score (nSPS) is 19.5. The minimum atomic E-state index is -0.394. The monoisotopic (exact) mass is 318 g/mol. The second-order valence-electron chi connectivity index (χ2n) is 6.35. The van der Waals surface area contributed by atoms with Gasteiger partial charge in [-0.2, -0.15) is 0 Å². The Bertz CT molecular complexity index is 817. The van der Waals surface area contributed by atoms with Crippen LogP contribution in [0, 0.1) is 5.92 Å². The van der Waals surface area contributed by atoms with Crippen molar-refractivity contribution in [2.24, 2.45) is 5.92 Å². The molecule has 0 radical (unpaired) electrons. The number of hydrogen-bond acceptors (Lipinski definition) is 3. The fraction of sp³-hybridized carbons (Fsp3) is 0.238. The second kappa shape index (κ2) is 5.75. The average molecular weight is 318 g/mol. The molecule has 2 aliphatic carbocycles. The molecule has 2 aliphatic rings. The zero-order chi connectivity index (χ0) is 16.7. The Morgan fingerprint density at radius 2 is 1.58 bits per heavy atom. The van der Waals surface area contributed by atoms with Gasteiger partial charge in [-0.1, -0.05) is 48.5 Å². The molecule has 0 fully saturated rings. The minimum Gasteiger partial charge on any atom is -0.466 e. The zero-order valence-electron chi connectivity index (χ0n) is 13.5. The summed E-state index contributed by atoms with van der Waals surface area (Å²) in [6, 6.07) is 16.7. The van der Waals surface area contributed by atoms with Gasteiger partial charge in [0.25, 0.3) is 0 Å². The van der Waals surface area contributed by atoms with E-state index in [0.29, 0.717) is 18.4 Å². The predicted octanol–water partition coefficient (Wildman–Crippen LogP) is 3.88. The predicted molar refractivity (Wildman–Crippen MR) is 91.6 cm³/mol. The van der Waals surface area contributed by atoms with E-state index in [1.54, 1.807) is 0 Å². The summed E-state index contributed by atoms with van der Waals surface area (Å²) in [6.45, 7) is 0. The van der Waals surface area contributed by atoms with E-state index in [1.807, 2.05) is 24.3 Å².